The van der Waals surface area contributed by atoms with Gasteiger partial charge < -0.3 is 15.0 Å². The minimum atomic E-state index is -0.305. The summed E-state index contributed by atoms with van der Waals surface area (Å²) in [4.78, 5) is 15.3. The Hall–Kier alpha value is -0.910. The first-order chi connectivity index (χ1) is 12.8. The Kier molecular flexibility index (Phi) is 6.98. The summed E-state index contributed by atoms with van der Waals surface area (Å²) in [5.74, 6) is 3.07. The third-order valence-corrected chi connectivity index (χ3v) is 6.44. The quantitative estimate of drug-likeness (QED) is 0.787. The van der Waals surface area contributed by atoms with Gasteiger partial charge in [-0.25, -0.2) is 0 Å². The molecule has 2 aliphatic heterocycles. The van der Waals surface area contributed by atoms with Crippen LogP contribution in [0.1, 0.15) is 56.8 Å². The number of hydrogen-bond acceptors (Lipinski definition) is 4. The fourth-order valence-electron chi connectivity index (χ4n) is 3.78. The second-order valence-corrected chi connectivity index (χ2v) is 10.2. The number of benzene rings is 1. The Morgan fingerprint density at radius 1 is 1.19 bits per heavy atom. The van der Waals surface area contributed by atoms with Gasteiger partial charge in [-0.2, -0.15) is 11.8 Å². The van der Waals surface area contributed by atoms with Gasteiger partial charge >= 0.3 is 0 Å². The lowest BCUT2D eigenvalue weighted by Crippen LogP contribution is -2.45. The van der Waals surface area contributed by atoms with Crippen molar-refractivity contribution in [2.75, 3.05) is 24.6 Å². The van der Waals surface area contributed by atoms with Crippen molar-refractivity contribution >= 4 is 29.3 Å². The van der Waals surface area contributed by atoms with Gasteiger partial charge in [-0.3, -0.25) is 4.79 Å². The molecule has 150 valence electrons. The minimum Gasteiger partial charge on any atom is -0.489 e. The molecule has 1 N–H and O–H groups in total. The van der Waals surface area contributed by atoms with E-state index in [2.05, 4.69) is 22.0 Å². The normalized spacial score (nSPS) is 20.4. The summed E-state index contributed by atoms with van der Waals surface area (Å²) >= 11 is 8.21. The molecule has 0 unspecified atom stereocenters. The molecule has 3 rings (SSSR count). The van der Waals surface area contributed by atoms with Gasteiger partial charge in [0.25, 0.3) is 5.91 Å². The maximum atomic E-state index is 12.7. The Balaban J connectivity index is 1.61. The van der Waals surface area contributed by atoms with Crippen LogP contribution in [-0.4, -0.2) is 53.1 Å². The van der Waals surface area contributed by atoms with Crippen molar-refractivity contribution in [3.05, 3.63) is 28.8 Å². The predicted octanol–water partition coefficient (Wildman–Crippen LogP) is 4.61. The molecule has 6 heteroatoms. The zero-order chi connectivity index (χ0) is 19.4. The highest BCUT2D eigenvalue weighted by atomic mass is 35.5. The van der Waals surface area contributed by atoms with Crippen LogP contribution in [0.5, 0.6) is 5.75 Å². The van der Waals surface area contributed by atoms with E-state index >= 15 is 0 Å². The van der Waals surface area contributed by atoms with Crippen molar-refractivity contribution in [2.45, 2.75) is 64.1 Å². The number of nitrogens with zero attached hydrogens (tertiary/aromatic N) is 1. The van der Waals surface area contributed by atoms with Crippen LogP contribution < -0.4 is 10.1 Å². The average molecular weight is 411 g/mol. The van der Waals surface area contributed by atoms with Crippen LogP contribution in [0.25, 0.3) is 0 Å². The molecule has 0 saturated carbocycles. The van der Waals surface area contributed by atoms with E-state index in [1.54, 1.807) is 12.1 Å². The standard InChI is InChI=1S/C21H31ClN2O2S/c1-21(2,3)23-20(25)18-14-15(22)4-5-19(18)26-17-6-10-24(11-7-17)16-8-12-27-13-9-16/h4-5,14,16-17H,6-13H2,1-3H3,(H,23,25). The lowest BCUT2D eigenvalue weighted by molar-refractivity contribution is 0.0708. The van der Waals surface area contributed by atoms with Gasteiger partial charge in [0.15, 0.2) is 0 Å². The number of rotatable bonds is 4. The smallest absolute Gasteiger partial charge is 0.255 e. The van der Waals surface area contributed by atoms with Gasteiger partial charge in [0, 0.05) is 29.7 Å². The number of amides is 1. The molecule has 0 atom stereocenters. The number of carbonyl (C=O) groups is 1. The number of hydrogen-bond donors (Lipinski definition) is 1. The summed E-state index contributed by atoms with van der Waals surface area (Å²) in [6.45, 7) is 8.06. The van der Waals surface area contributed by atoms with Gasteiger partial charge in [-0.05, 0) is 76.2 Å². The molecule has 2 heterocycles. The first-order valence-electron chi connectivity index (χ1n) is 9.92. The molecule has 2 aliphatic rings. The molecule has 1 aromatic rings. The van der Waals surface area contributed by atoms with Gasteiger partial charge in [-0.1, -0.05) is 11.6 Å². The monoisotopic (exact) mass is 410 g/mol. The number of nitrogens with one attached hydrogen (secondary N) is 1. The number of likely N-dealkylation sites (tertiary alicyclic amines) is 1. The number of halogens is 1. The summed E-state index contributed by atoms with van der Waals surface area (Å²) in [6.07, 6.45) is 4.79. The summed E-state index contributed by atoms with van der Waals surface area (Å²) in [5, 5.41) is 3.55. The molecule has 0 aliphatic carbocycles. The Morgan fingerprint density at radius 3 is 2.48 bits per heavy atom. The van der Waals surface area contributed by atoms with Gasteiger partial charge in [0.1, 0.15) is 11.9 Å². The van der Waals surface area contributed by atoms with Crippen LogP contribution in [0.15, 0.2) is 18.2 Å². The second-order valence-electron chi connectivity index (χ2n) is 8.54. The molecule has 2 saturated heterocycles. The zero-order valence-corrected chi connectivity index (χ0v) is 18.2. The topological polar surface area (TPSA) is 41.6 Å². The first-order valence-corrected chi connectivity index (χ1v) is 11.5. The SMILES string of the molecule is CC(C)(C)NC(=O)c1cc(Cl)ccc1OC1CCN(C2CCSCC2)CC1. The summed E-state index contributed by atoms with van der Waals surface area (Å²) in [7, 11) is 0. The summed E-state index contributed by atoms with van der Waals surface area (Å²) in [6, 6.07) is 6.06. The van der Waals surface area contributed by atoms with Crippen LogP contribution >= 0.6 is 23.4 Å². The van der Waals surface area contributed by atoms with Crippen molar-refractivity contribution < 1.29 is 9.53 Å². The van der Waals surface area contributed by atoms with Crippen LogP contribution in [0, 0.1) is 0 Å². The van der Waals surface area contributed by atoms with E-state index in [-0.39, 0.29) is 17.6 Å². The average Bonchev–Trinajstić information content (AvgIpc) is 2.63. The van der Waals surface area contributed by atoms with E-state index in [0.29, 0.717) is 16.3 Å². The van der Waals surface area contributed by atoms with E-state index in [4.69, 9.17) is 16.3 Å². The molecule has 0 spiro atoms. The molecule has 2 fully saturated rings. The molecule has 27 heavy (non-hydrogen) atoms. The maximum absolute atomic E-state index is 12.7. The number of ether oxygens (including phenoxy) is 1. The molecule has 4 nitrogen and oxygen atoms in total. The van der Waals surface area contributed by atoms with Gasteiger partial charge in [0.2, 0.25) is 0 Å². The van der Waals surface area contributed by atoms with E-state index < -0.39 is 0 Å². The first kappa shape index (κ1) is 20.8. The predicted molar refractivity (Wildman–Crippen MR) is 114 cm³/mol. The third-order valence-electron chi connectivity index (χ3n) is 5.15. The van der Waals surface area contributed by atoms with Crippen molar-refractivity contribution in [2.24, 2.45) is 0 Å². The second kappa shape index (κ2) is 9.06. The zero-order valence-electron chi connectivity index (χ0n) is 16.6. The molecule has 1 aromatic carbocycles. The van der Waals surface area contributed by atoms with Crippen molar-refractivity contribution in [1.82, 2.24) is 10.2 Å². The molecular formula is C21H31ClN2O2S. The van der Waals surface area contributed by atoms with Crippen LogP contribution in [-0.2, 0) is 0 Å². The number of carbonyl (C=O) groups excluding carboxylic acids is 1. The van der Waals surface area contributed by atoms with E-state index in [0.717, 1.165) is 32.0 Å². The maximum Gasteiger partial charge on any atom is 0.255 e. The van der Waals surface area contributed by atoms with E-state index in [1.165, 1.54) is 24.3 Å². The molecular weight excluding hydrogens is 380 g/mol. The fourth-order valence-corrected chi connectivity index (χ4v) is 5.03. The minimum absolute atomic E-state index is 0.142. The van der Waals surface area contributed by atoms with Gasteiger partial charge in [-0.15, -0.1) is 0 Å². The molecule has 0 aromatic heterocycles. The highest BCUT2D eigenvalue weighted by molar-refractivity contribution is 7.99. The lowest BCUT2D eigenvalue weighted by Gasteiger charge is -2.39. The Bertz CT molecular complexity index is 648. The van der Waals surface area contributed by atoms with E-state index in [1.807, 2.05) is 26.8 Å². The van der Waals surface area contributed by atoms with E-state index in [9.17, 15) is 4.79 Å². The molecule has 0 radical (unpaired) electrons. The largest absolute Gasteiger partial charge is 0.489 e. The van der Waals surface area contributed by atoms with Crippen LogP contribution in [0.2, 0.25) is 5.02 Å². The van der Waals surface area contributed by atoms with Gasteiger partial charge in [0.05, 0.1) is 5.56 Å². The third kappa shape index (κ3) is 6.03. The van der Waals surface area contributed by atoms with Crippen LogP contribution in [0.3, 0.4) is 0 Å². The fraction of sp³-hybridized carbons (Fsp3) is 0.667. The Labute approximate surface area is 172 Å². The van der Waals surface area contributed by atoms with Crippen molar-refractivity contribution in [3.63, 3.8) is 0 Å². The molecule has 1 amide bonds. The summed E-state index contributed by atoms with van der Waals surface area (Å²) in [5.41, 5.74) is 0.212. The highest BCUT2D eigenvalue weighted by Crippen LogP contribution is 2.29. The lowest BCUT2D eigenvalue weighted by atomic mass is 10.0. The number of thioether (sulfide) groups is 1. The molecule has 0 bridgehead atoms. The Morgan fingerprint density at radius 2 is 1.85 bits per heavy atom. The van der Waals surface area contributed by atoms with Crippen molar-refractivity contribution in [3.8, 4) is 5.75 Å². The van der Waals surface area contributed by atoms with Crippen LogP contribution in [0.4, 0.5) is 0 Å². The summed E-state index contributed by atoms with van der Waals surface area (Å²) < 4.78 is 6.26. The van der Waals surface area contributed by atoms with Crippen molar-refractivity contribution in [1.29, 1.82) is 0 Å². The highest BCUT2D eigenvalue weighted by Gasteiger charge is 2.28. The number of piperidine rings is 1.